The number of amides is 3. The van der Waals surface area contributed by atoms with Crippen LogP contribution in [0.15, 0.2) is 47.6 Å². The molecule has 4 rings (SSSR count). The highest BCUT2D eigenvalue weighted by Gasteiger charge is 2.65. The Morgan fingerprint density at radius 2 is 1.87 bits per heavy atom. The summed E-state index contributed by atoms with van der Waals surface area (Å²) in [4.78, 5) is 33.0. The Balaban J connectivity index is 1.59. The first-order valence-electron chi connectivity index (χ1n) is 9.44. The highest BCUT2D eigenvalue weighted by molar-refractivity contribution is 8.00. The number of nitrogens with zero attached hydrogens (tertiary/aromatic N) is 3. The maximum absolute atomic E-state index is 13.2. The molecule has 1 spiro atoms. The summed E-state index contributed by atoms with van der Waals surface area (Å²) < 4.78 is 37.7. The van der Waals surface area contributed by atoms with Gasteiger partial charge >= 0.3 is 11.5 Å². The van der Waals surface area contributed by atoms with Crippen LogP contribution in [-0.2, 0) is 11.3 Å². The molecular weight excluding hydrogens is 417 g/mol. The van der Waals surface area contributed by atoms with E-state index in [0.717, 1.165) is 16.2 Å². The van der Waals surface area contributed by atoms with Crippen LogP contribution in [0, 0.1) is 0 Å². The molecule has 1 aromatic heterocycles. The van der Waals surface area contributed by atoms with Crippen LogP contribution in [0.4, 0.5) is 29.3 Å². The van der Waals surface area contributed by atoms with Crippen LogP contribution >= 0.6 is 11.8 Å². The van der Waals surface area contributed by atoms with Crippen LogP contribution in [0.3, 0.4) is 0 Å². The number of imide groups is 1. The van der Waals surface area contributed by atoms with Crippen molar-refractivity contribution in [3.63, 3.8) is 0 Å². The largest absolute Gasteiger partial charge is 0.446 e. The average Bonchev–Trinajstić information content (AvgIpc) is 3.46. The molecule has 3 amide bonds. The van der Waals surface area contributed by atoms with Gasteiger partial charge < -0.3 is 10.2 Å². The van der Waals surface area contributed by atoms with Crippen LogP contribution in [0.25, 0.3) is 0 Å². The van der Waals surface area contributed by atoms with Crippen molar-refractivity contribution in [2.75, 3.05) is 16.8 Å². The second kappa shape index (κ2) is 7.50. The molecule has 0 atom stereocenters. The van der Waals surface area contributed by atoms with Gasteiger partial charge in [-0.15, -0.1) is 0 Å². The molecule has 1 aromatic carbocycles. The monoisotopic (exact) mass is 436 g/mol. The van der Waals surface area contributed by atoms with Crippen LogP contribution < -0.4 is 10.2 Å². The number of hydrogen-bond acceptors (Lipinski definition) is 5. The number of anilines is 2. The molecule has 0 radical (unpaired) electrons. The van der Waals surface area contributed by atoms with Gasteiger partial charge in [-0.1, -0.05) is 0 Å². The van der Waals surface area contributed by atoms with E-state index >= 15 is 0 Å². The zero-order chi connectivity index (χ0) is 21.5. The fraction of sp³-hybridized carbons (Fsp3) is 0.350. The Bertz CT molecular complexity index is 977. The molecule has 2 heterocycles. The van der Waals surface area contributed by atoms with Crippen LogP contribution in [0.2, 0.25) is 0 Å². The highest BCUT2D eigenvalue weighted by Crippen LogP contribution is 2.50. The van der Waals surface area contributed by atoms with E-state index in [1.165, 1.54) is 24.3 Å². The minimum absolute atomic E-state index is 0.00426. The van der Waals surface area contributed by atoms with E-state index in [1.807, 2.05) is 6.92 Å². The first kappa shape index (κ1) is 20.5. The molecule has 6 nitrogen and oxygen atoms in total. The number of thioether (sulfide) groups is 1. The smallest absolute Gasteiger partial charge is 0.384 e. The Hall–Kier alpha value is -2.75. The summed E-state index contributed by atoms with van der Waals surface area (Å²) in [6.07, 6.45) is 4.44. The van der Waals surface area contributed by atoms with Crippen molar-refractivity contribution >= 4 is 35.1 Å². The molecular formula is C20H19F3N4O2S. The second-order valence-electron chi connectivity index (χ2n) is 7.15. The summed E-state index contributed by atoms with van der Waals surface area (Å²) in [7, 11) is 0. The molecule has 1 saturated heterocycles. The van der Waals surface area contributed by atoms with Crippen molar-refractivity contribution in [2.24, 2.45) is 0 Å². The molecule has 1 saturated carbocycles. The summed E-state index contributed by atoms with van der Waals surface area (Å²) in [5.74, 6) is -0.331. The predicted molar refractivity (Wildman–Crippen MR) is 107 cm³/mol. The molecule has 2 fully saturated rings. The lowest BCUT2D eigenvalue weighted by molar-refractivity contribution is -0.120. The molecule has 158 valence electrons. The number of aromatic nitrogens is 1. The molecule has 1 N–H and O–H groups in total. The Morgan fingerprint density at radius 3 is 2.47 bits per heavy atom. The standard InChI is InChI=1S/C20H19F3N4O2S/c1-2-25-16-11-24-10-7-13(16)12-26-18(29)27(17(28)19(26)8-9-19)14-3-5-15(6-4-14)30-20(21,22)23/h3-7,10-11,25H,2,8-9,12H2,1H3. The third kappa shape index (κ3) is 3.71. The third-order valence-corrected chi connectivity index (χ3v) is 5.94. The number of halogens is 3. The van der Waals surface area contributed by atoms with E-state index in [1.54, 1.807) is 23.4 Å². The van der Waals surface area contributed by atoms with Gasteiger partial charge in [0, 0.05) is 17.6 Å². The average molecular weight is 436 g/mol. The van der Waals surface area contributed by atoms with Crippen LogP contribution in [-0.4, -0.2) is 39.4 Å². The highest BCUT2D eigenvalue weighted by atomic mass is 32.2. The molecule has 0 unspecified atom stereocenters. The second-order valence-corrected chi connectivity index (χ2v) is 8.28. The van der Waals surface area contributed by atoms with Gasteiger partial charge in [-0.25, -0.2) is 9.69 Å². The number of benzene rings is 1. The van der Waals surface area contributed by atoms with Crippen molar-refractivity contribution in [1.29, 1.82) is 0 Å². The van der Waals surface area contributed by atoms with Gasteiger partial charge in [-0.3, -0.25) is 9.78 Å². The summed E-state index contributed by atoms with van der Waals surface area (Å²) in [6, 6.07) is 6.62. The fourth-order valence-electron chi connectivity index (χ4n) is 3.64. The molecule has 2 aromatic rings. The van der Waals surface area contributed by atoms with Crippen molar-refractivity contribution in [3.05, 3.63) is 48.3 Å². The number of rotatable bonds is 6. The van der Waals surface area contributed by atoms with E-state index in [-0.39, 0.29) is 34.8 Å². The first-order valence-corrected chi connectivity index (χ1v) is 10.3. The van der Waals surface area contributed by atoms with Crippen molar-refractivity contribution in [1.82, 2.24) is 9.88 Å². The molecule has 30 heavy (non-hydrogen) atoms. The Kier molecular flexibility index (Phi) is 5.13. The first-order chi connectivity index (χ1) is 14.2. The number of hydrogen-bond donors (Lipinski definition) is 1. The number of alkyl halides is 3. The van der Waals surface area contributed by atoms with Gasteiger partial charge in [0.2, 0.25) is 0 Å². The van der Waals surface area contributed by atoms with Crippen molar-refractivity contribution in [2.45, 2.75) is 42.3 Å². The lowest BCUT2D eigenvalue weighted by Gasteiger charge is -2.22. The lowest BCUT2D eigenvalue weighted by Crippen LogP contribution is -2.36. The molecule has 10 heteroatoms. The minimum Gasteiger partial charge on any atom is -0.384 e. The zero-order valence-electron chi connectivity index (χ0n) is 16.1. The zero-order valence-corrected chi connectivity index (χ0v) is 16.9. The van der Waals surface area contributed by atoms with Crippen molar-refractivity contribution in [3.8, 4) is 0 Å². The molecule has 1 aliphatic heterocycles. The topological polar surface area (TPSA) is 65.5 Å². The number of urea groups is 1. The van der Waals surface area contributed by atoms with E-state index in [0.29, 0.717) is 19.4 Å². The van der Waals surface area contributed by atoms with Crippen molar-refractivity contribution < 1.29 is 22.8 Å². The van der Waals surface area contributed by atoms with Gasteiger partial charge in [0.05, 0.1) is 24.1 Å². The Labute approximate surface area is 175 Å². The number of nitrogens with one attached hydrogen (secondary N) is 1. The van der Waals surface area contributed by atoms with E-state index in [2.05, 4.69) is 10.3 Å². The van der Waals surface area contributed by atoms with Crippen LogP contribution in [0.1, 0.15) is 25.3 Å². The summed E-state index contributed by atoms with van der Waals surface area (Å²) in [5.41, 5.74) is -3.36. The Morgan fingerprint density at radius 1 is 1.17 bits per heavy atom. The third-order valence-electron chi connectivity index (χ3n) is 5.20. The quantitative estimate of drug-likeness (QED) is 0.529. The van der Waals surface area contributed by atoms with Gasteiger partial charge in [-0.05, 0) is 67.4 Å². The van der Waals surface area contributed by atoms with Gasteiger partial charge in [0.1, 0.15) is 5.54 Å². The summed E-state index contributed by atoms with van der Waals surface area (Å²) >= 11 is -0.237. The number of carbonyl (C=O) groups excluding carboxylic acids is 2. The van der Waals surface area contributed by atoms with Gasteiger partial charge in [0.15, 0.2) is 0 Å². The summed E-state index contributed by atoms with van der Waals surface area (Å²) in [6.45, 7) is 2.88. The van der Waals surface area contributed by atoms with Gasteiger partial charge in [-0.2, -0.15) is 13.2 Å². The summed E-state index contributed by atoms with van der Waals surface area (Å²) in [5, 5.41) is 3.20. The predicted octanol–water partition coefficient (Wildman–Crippen LogP) is 4.63. The molecule has 1 aliphatic carbocycles. The van der Waals surface area contributed by atoms with E-state index in [9.17, 15) is 22.8 Å². The lowest BCUT2D eigenvalue weighted by atomic mass is 10.1. The molecule has 0 bridgehead atoms. The maximum Gasteiger partial charge on any atom is 0.446 e. The van der Waals surface area contributed by atoms with Crippen LogP contribution in [0.5, 0.6) is 0 Å². The van der Waals surface area contributed by atoms with Gasteiger partial charge in [0.25, 0.3) is 5.91 Å². The normalized spacial score (nSPS) is 17.7. The number of pyridine rings is 1. The number of carbonyl (C=O) groups is 2. The minimum atomic E-state index is -4.40. The van der Waals surface area contributed by atoms with E-state index < -0.39 is 17.1 Å². The SMILES string of the molecule is CCNc1cnccc1CN1C(=O)N(c2ccc(SC(F)(F)F)cc2)C(=O)C12CC2. The fourth-order valence-corrected chi connectivity index (χ4v) is 4.18. The maximum atomic E-state index is 13.2. The van der Waals surface area contributed by atoms with E-state index in [4.69, 9.17) is 0 Å². The molecule has 2 aliphatic rings.